The second-order valence-corrected chi connectivity index (χ2v) is 8.67. The van der Waals surface area contributed by atoms with Crippen LogP contribution in [0.3, 0.4) is 0 Å². The van der Waals surface area contributed by atoms with Crippen LogP contribution in [0.15, 0.2) is 58.2 Å². The molecule has 29 heavy (non-hydrogen) atoms. The molecule has 148 valence electrons. The highest BCUT2D eigenvalue weighted by Gasteiger charge is 2.19. The van der Waals surface area contributed by atoms with Gasteiger partial charge in [-0.25, -0.2) is 4.98 Å². The Bertz CT molecular complexity index is 1180. The molecule has 5 nitrogen and oxygen atoms in total. The van der Waals surface area contributed by atoms with Crippen LogP contribution in [-0.4, -0.2) is 21.4 Å². The van der Waals surface area contributed by atoms with Crippen LogP contribution in [0.25, 0.3) is 15.3 Å². The average molecular weight is 424 g/mol. The average Bonchev–Trinajstić information content (AvgIpc) is 3.15. The maximum atomic E-state index is 13.1. The van der Waals surface area contributed by atoms with Gasteiger partial charge in [-0.05, 0) is 45.0 Å². The number of aromatic nitrogens is 3. The number of para-hydroxylation sites is 1. The summed E-state index contributed by atoms with van der Waals surface area (Å²) in [5.74, 6) is 0.987. The van der Waals surface area contributed by atoms with E-state index in [4.69, 9.17) is 4.74 Å². The number of aryl methyl sites for hydroxylation is 1. The quantitative estimate of drug-likeness (QED) is 0.402. The van der Waals surface area contributed by atoms with Crippen LogP contribution in [0, 0.1) is 13.8 Å². The summed E-state index contributed by atoms with van der Waals surface area (Å²) in [5.41, 5.74) is 3.42. The Balaban J connectivity index is 1.76. The van der Waals surface area contributed by atoms with Gasteiger partial charge in [-0.3, -0.25) is 4.79 Å². The number of thioether (sulfide) groups is 1. The van der Waals surface area contributed by atoms with E-state index in [9.17, 15) is 4.79 Å². The first-order chi connectivity index (χ1) is 14.1. The Hall–Kier alpha value is -2.64. The molecule has 0 bridgehead atoms. The van der Waals surface area contributed by atoms with Crippen LogP contribution >= 0.6 is 23.1 Å². The largest absolute Gasteiger partial charge is 0.488 e. The minimum atomic E-state index is -0.271. The fourth-order valence-corrected chi connectivity index (χ4v) is 4.77. The van der Waals surface area contributed by atoms with Crippen molar-refractivity contribution in [2.75, 3.05) is 6.61 Å². The van der Waals surface area contributed by atoms with Gasteiger partial charge in [0.15, 0.2) is 5.75 Å². The lowest BCUT2D eigenvalue weighted by atomic mass is 10.2. The zero-order valence-electron chi connectivity index (χ0n) is 16.5. The van der Waals surface area contributed by atoms with Gasteiger partial charge in [-0.2, -0.15) is 9.78 Å². The van der Waals surface area contributed by atoms with E-state index in [0.29, 0.717) is 23.2 Å². The number of thiazole rings is 1. The summed E-state index contributed by atoms with van der Waals surface area (Å²) in [6.45, 7) is 6.27. The molecule has 4 aromatic rings. The maximum Gasteiger partial charge on any atom is 0.316 e. The normalized spacial score (nSPS) is 11.1. The van der Waals surface area contributed by atoms with Crippen molar-refractivity contribution in [1.82, 2.24) is 14.8 Å². The fraction of sp³-hybridized carbons (Fsp3) is 0.227. The second kappa shape index (κ2) is 8.39. The molecule has 0 aliphatic heterocycles. The molecule has 0 saturated heterocycles. The fourth-order valence-electron chi connectivity index (χ4n) is 2.95. The molecule has 2 aromatic heterocycles. The number of hydrogen-bond donors (Lipinski definition) is 0. The van der Waals surface area contributed by atoms with Gasteiger partial charge in [-0.15, -0.1) is 11.8 Å². The lowest BCUT2D eigenvalue weighted by Crippen LogP contribution is -2.26. The predicted octanol–water partition coefficient (Wildman–Crippen LogP) is 5.15. The van der Waals surface area contributed by atoms with Gasteiger partial charge in [0.05, 0.1) is 22.5 Å². The third kappa shape index (κ3) is 4.06. The number of benzene rings is 2. The van der Waals surface area contributed by atoms with Crippen molar-refractivity contribution in [1.29, 1.82) is 0 Å². The monoisotopic (exact) mass is 423 g/mol. The van der Waals surface area contributed by atoms with Gasteiger partial charge in [-0.1, -0.05) is 41.2 Å². The number of nitrogens with zero attached hydrogens (tertiary/aromatic N) is 3. The van der Waals surface area contributed by atoms with Crippen LogP contribution in [0.2, 0.25) is 0 Å². The Kier molecular flexibility index (Phi) is 5.69. The summed E-state index contributed by atoms with van der Waals surface area (Å²) in [6, 6.07) is 16.2. The van der Waals surface area contributed by atoms with E-state index in [1.807, 2.05) is 38.1 Å². The van der Waals surface area contributed by atoms with Gasteiger partial charge in [0, 0.05) is 16.2 Å². The number of ether oxygens (including phenoxy) is 1. The third-order valence-corrected chi connectivity index (χ3v) is 6.56. The standard InChI is InChI=1S/C22H21N3O2S2/c1-4-27-20-15(3)18(13-28-16-11-9-14(2)10-12-16)24-25(21(20)26)22-23-17-7-5-6-8-19(17)29-22/h5-12H,4,13H2,1-3H3. The Morgan fingerprint density at radius 2 is 1.86 bits per heavy atom. The van der Waals surface area contributed by atoms with Crippen LogP contribution in [-0.2, 0) is 5.75 Å². The first-order valence-electron chi connectivity index (χ1n) is 9.38. The van der Waals surface area contributed by atoms with Gasteiger partial charge < -0.3 is 4.74 Å². The van der Waals surface area contributed by atoms with Crippen molar-refractivity contribution >= 4 is 33.3 Å². The van der Waals surface area contributed by atoms with Gasteiger partial charge in [0.1, 0.15) is 0 Å². The molecule has 0 saturated carbocycles. The van der Waals surface area contributed by atoms with Crippen molar-refractivity contribution in [3.05, 3.63) is 75.7 Å². The van der Waals surface area contributed by atoms with Gasteiger partial charge in [0.25, 0.3) is 0 Å². The van der Waals surface area contributed by atoms with Crippen LogP contribution in [0.4, 0.5) is 0 Å². The SMILES string of the molecule is CCOc1c(C)c(CSc2ccc(C)cc2)nn(-c2nc3ccccc3s2)c1=O. The zero-order chi connectivity index (χ0) is 20.4. The van der Waals surface area contributed by atoms with Crippen LogP contribution in [0.5, 0.6) is 5.75 Å². The van der Waals surface area contributed by atoms with Crippen molar-refractivity contribution in [3.63, 3.8) is 0 Å². The molecule has 2 aromatic carbocycles. The van der Waals surface area contributed by atoms with Gasteiger partial charge in [0.2, 0.25) is 5.13 Å². The van der Waals surface area contributed by atoms with Gasteiger partial charge >= 0.3 is 5.56 Å². The highest BCUT2D eigenvalue weighted by atomic mass is 32.2. The molecule has 0 aliphatic carbocycles. The van der Waals surface area contributed by atoms with Crippen LogP contribution < -0.4 is 10.3 Å². The molecule has 0 N–H and O–H groups in total. The molecule has 0 spiro atoms. The lowest BCUT2D eigenvalue weighted by molar-refractivity contribution is 0.329. The number of rotatable bonds is 6. The van der Waals surface area contributed by atoms with E-state index in [1.165, 1.54) is 21.6 Å². The van der Waals surface area contributed by atoms with E-state index in [-0.39, 0.29) is 5.56 Å². The summed E-state index contributed by atoms with van der Waals surface area (Å²) < 4.78 is 8.11. The topological polar surface area (TPSA) is 57.0 Å². The summed E-state index contributed by atoms with van der Waals surface area (Å²) >= 11 is 3.14. The molecular formula is C22H21N3O2S2. The van der Waals surface area contributed by atoms with Crippen molar-refractivity contribution in [3.8, 4) is 10.9 Å². The van der Waals surface area contributed by atoms with E-state index in [1.54, 1.807) is 11.8 Å². The summed E-state index contributed by atoms with van der Waals surface area (Å²) in [7, 11) is 0. The summed E-state index contributed by atoms with van der Waals surface area (Å²) in [6.07, 6.45) is 0. The Morgan fingerprint density at radius 1 is 1.10 bits per heavy atom. The Labute approximate surface area is 177 Å². The van der Waals surface area contributed by atoms with Crippen molar-refractivity contribution in [2.45, 2.75) is 31.4 Å². The molecule has 0 atom stereocenters. The zero-order valence-corrected chi connectivity index (χ0v) is 18.1. The molecule has 0 amide bonds. The van der Waals surface area contributed by atoms with E-state index in [2.05, 4.69) is 41.3 Å². The maximum absolute atomic E-state index is 13.1. The lowest BCUT2D eigenvalue weighted by Gasteiger charge is -2.13. The molecule has 2 heterocycles. The molecule has 0 unspecified atom stereocenters. The highest BCUT2D eigenvalue weighted by Crippen LogP contribution is 2.28. The predicted molar refractivity (Wildman–Crippen MR) is 120 cm³/mol. The van der Waals surface area contributed by atoms with E-state index in [0.717, 1.165) is 26.4 Å². The molecule has 7 heteroatoms. The molecule has 0 radical (unpaired) electrons. The van der Waals surface area contributed by atoms with Crippen LogP contribution in [0.1, 0.15) is 23.7 Å². The van der Waals surface area contributed by atoms with Crippen molar-refractivity contribution in [2.24, 2.45) is 0 Å². The first kappa shape index (κ1) is 19.7. The molecule has 4 rings (SSSR count). The Morgan fingerprint density at radius 3 is 2.59 bits per heavy atom. The van der Waals surface area contributed by atoms with Crippen molar-refractivity contribution < 1.29 is 4.74 Å². The molecule has 0 fully saturated rings. The minimum Gasteiger partial charge on any atom is -0.488 e. The summed E-state index contributed by atoms with van der Waals surface area (Å²) in [5, 5.41) is 5.22. The smallest absolute Gasteiger partial charge is 0.316 e. The van der Waals surface area contributed by atoms with E-state index >= 15 is 0 Å². The first-order valence-corrected chi connectivity index (χ1v) is 11.2. The molecule has 0 aliphatic rings. The van der Waals surface area contributed by atoms with E-state index < -0.39 is 0 Å². The summed E-state index contributed by atoms with van der Waals surface area (Å²) in [4.78, 5) is 18.8. The minimum absolute atomic E-state index is 0.271. The molecular weight excluding hydrogens is 402 g/mol. The number of hydrogen-bond acceptors (Lipinski definition) is 6. The number of fused-ring (bicyclic) bond motifs is 1. The highest BCUT2D eigenvalue weighted by molar-refractivity contribution is 7.98. The third-order valence-electron chi connectivity index (χ3n) is 4.53. The second-order valence-electron chi connectivity index (χ2n) is 6.62.